The summed E-state index contributed by atoms with van der Waals surface area (Å²) < 4.78 is 8.47. The van der Waals surface area contributed by atoms with Crippen LogP contribution in [-0.2, 0) is 13.2 Å². The molecule has 0 unspecified atom stereocenters. The van der Waals surface area contributed by atoms with E-state index in [0.717, 1.165) is 21.3 Å². The van der Waals surface area contributed by atoms with E-state index < -0.39 is 0 Å². The van der Waals surface area contributed by atoms with Gasteiger partial charge in [0.15, 0.2) is 5.82 Å². The molecule has 0 saturated heterocycles. The van der Waals surface area contributed by atoms with Crippen LogP contribution in [0.1, 0.15) is 27.2 Å². The van der Waals surface area contributed by atoms with E-state index in [1.807, 2.05) is 60.1 Å². The molecule has 1 amide bonds. The van der Waals surface area contributed by atoms with Gasteiger partial charge in [-0.15, -0.1) is 0 Å². The summed E-state index contributed by atoms with van der Waals surface area (Å²) in [6, 6.07) is 22.1. The van der Waals surface area contributed by atoms with Gasteiger partial charge >= 0.3 is 0 Å². The lowest BCUT2D eigenvalue weighted by Gasteiger charge is -2.09. The summed E-state index contributed by atoms with van der Waals surface area (Å²) in [6.45, 7) is 2.80. The summed E-state index contributed by atoms with van der Waals surface area (Å²) in [5.41, 5.74) is 3.33. The highest BCUT2D eigenvalue weighted by atomic mass is 79.9. The number of rotatable bonds is 7. The van der Waals surface area contributed by atoms with Crippen molar-refractivity contribution in [3.63, 3.8) is 0 Å². The van der Waals surface area contributed by atoms with E-state index in [9.17, 15) is 4.79 Å². The zero-order valence-corrected chi connectivity index (χ0v) is 20.8. The number of carbonyl (C=O) groups excluding carboxylic acids is 1. The van der Waals surface area contributed by atoms with Gasteiger partial charge in [0.2, 0.25) is 0 Å². The Morgan fingerprint density at radius 3 is 2.52 bits per heavy atom. The maximum atomic E-state index is 12.7. The van der Waals surface area contributed by atoms with E-state index >= 15 is 0 Å². The molecule has 0 aliphatic heterocycles. The maximum absolute atomic E-state index is 12.7. The first-order chi connectivity index (χ1) is 15.9. The molecule has 0 radical (unpaired) electrons. The van der Waals surface area contributed by atoms with Gasteiger partial charge in [0.05, 0.1) is 11.6 Å². The molecule has 168 valence electrons. The number of benzene rings is 3. The van der Waals surface area contributed by atoms with Gasteiger partial charge in [0.1, 0.15) is 12.4 Å². The molecule has 0 aliphatic rings. The molecular formula is C25H20BrCl2N3O2. The fourth-order valence-corrected chi connectivity index (χ4v) is 4.14. The molecule has 3 aromatic carbocycles. The molecule has 4 rings (SSSR count). The number of carbonyl (C=O) groups is 1. The van der Waals surface area contributed by atoms with Crippen LogP contribution in [-0.4, -0.2) is 15.7 Å². The van der Waals surface area contributed by atoms with Crippen molar-refractivity contribution in [1.29, 1.82) is 0 Å². The molecule has 1 heterocycles. The van der Waals surface area contributed by atoms with Gasteiger partial charge < -0.3 is 10.1 Å². The summed E-state index contributed by atoms with van der Waals surface area (Å²) in [6.07, 6.45) is 0. The molecule has 4 aromatic rings. The molecule has 1 aromatic heterocycles. The Balaban J connectivity index is 1.37. The number of hydrogen-bond donors (Lipinski definition) is 1. The Kier molecular flexibility index (Phi) is 7.38. The number of ether oxygens (including phenoxy) is 1. The Morgan fingerprint density at radius 1 is 1.03 bits per heavy atom. The van der Waals surface area contributed by atoms with Crippen LogP contribution in [0.3, 0.4) is 0 Å². The molecule has 5 nitrogen and oxygen atoms in total. The molecular weight excluding hydrogens is 525 g/mol. The Hall–Kier alpha value is -2.80. The summed E-state index contributed by atoms with van der Waals surface area (Å²) >= 11 is 15.8. The van der Waals surface area contributed by atoms with Crippen molar-refractivity contribution < 1.29 is 9.53 Å². The third-order valence-electron chi connectivity index (χ3n) is 5.01. The second-order valence-corrected chi connectivity index (χ2v) is 9.16. The van der Waals surface area contributed by atoms with Gasteiger partial charge in [-0.2, -0.15) is 5.10 Å². The molecule has 0 fully saturated rings. The van der Waals surface area contributed by atoms with Crippen LogP contribution in [0.5, 0.6) is 5.75 Å². The number of anilines is 1. The molecule has 33 heavy (non-hydrogen) atoms. The quantitative estimate of drug-likeness (QED) is 0.269. The topological polar surface area (TPSA) is 56.1 Å². The number of amides is 1. The molecule has 0 saturated carbocycles. The highest BCUT2D eigenvalue weighted by Gasteiger charge is 2.12. The van der Waals surface area contributed by atoms with Crippen molar-refractivity contribution in [2.75, 3.05) is 5.32 Å². The van der Waals surface area contributed by atoms with Crippen LogP contribution in [0.15, 0.2) is 77.3 Å². The van der Waals surface area contributed by atoms with E-state index in [2.05, 4.69) is 26.3 Å². The van der Waals surface area contributed by atoms with Crippen LogP contribution < -0.4 is 10.1 Å². The minimum absolute atomic E-state index is 0.235. The normalized spacial score (nSPS) is 10.8. The number of nitrogens with one attached hydrogen (secondary N) is 1. The molecule has 0 aliphatic carbocycles. The lowest BCUT2D eigenvalue weighted by molar-refractivity contribution is 0.102. The summed E-state index contributed by atoms with van der Waals surface area (Å²) in [4.78, 5) is 12.7. The fraction of sp³-hybridized carbons (Fsp3) is 0.120. The third-order valence-corrected chi connectivity index (χ3v) is 6.16. The highest BCUT2D eigenvalue weighted by molar-refractivity contribution is 9.10. The first-order valence-corrected chi connectivity index (χ1v) is 11.7. The van der Waals surface area contributed by atoms with E-state index in [-0.39, 0.29) is 5.91 Å². The van der Waals surface area contributed by atoms with Crippen molar-refractivity contribution in [3.8, 4) is 5.75 Å². The number of nitrogens with zero attached hydrogens (tertiary/aromatic N) is 2. The Labute approximate surface area is 210 Å². The SMILES string of the molecule is Cc1cc(NC(=O)c2ccc(COc3ccc(Br)cc3Cl)cc2)nn1Cc1ccccc1Cl. The van der Waals surface area contributed by atoms with E-state index in [4.69, 9.17) is 27.9 Å². The van der Waals surface area contributed by atoms with Crippen molar-refractivity contribution in [3.05, 3.63) is 110 Å². The minimum atomic E-state index is -0.235. The van der Waals surface area contributed by atoms with E-state index in [0.29, 0.717) is 40.3 Å². The van der Waals surface area contributed by atoms with Crippen molar-refractivity contribution in [2.45, 2.75) is 20.1 Å². The fourth-order valence-electron chi connectivity index (χ4n) is 3.21. The molecule has 0 atom stereocenters. The molecule has 1 N–H and O–H groups in total. The van der Waals surface area contributed by atoms with E-state index in [1.54, 1.807) is 24.3 Å². The van der Waals surface area contributed by atoms with E-state index in [1.165, 1.54) is 0 Å². The van der Waals surface area contributed by atoms with Crippen molar-refractivity contribution in [2.24, 2.45) is 0 Å². The number of halogens is 3. The Bertz CT molecular complexity index is 1290. The van der Waals surface area contributed by atoms with Crippen LogP contribution in [0.25, 0.3) is 0 Å². The number of aromatic nitrogens is 2. The van der Waals surface area contributed by atoms with Gasteiger partial charge in [-0.05, 0) is 54.4 Å². The molecule has 8 heteroatoms. The minimum Gasteiger partial charge on any atom is -0.487 e. The van der Waals surface area contributed by atoms with Gasteiger partial charge in [-0.1, -0.05) is 69.5 Å². The second-order valence-electron chi connectivity index (χ2n) is 7.43. The largest absolute Gasteiger partial charge is 0.487 e. The number of aryl methyl sites for hydroxylation is 1. The van der Waals surface area contributed by atoms with Gasteiger partial charge in [0, 0.05) is 26.8 Å². The monoisotopic (exact) mass is 543 g/mol. The zero-order valence-electron chi connectivity index (χ0n) is 17.7. The predicted octanol–water partition coefficient (Wildman–Crippen LogP) is 7.14. The first-order valence-electron chi connectivity index (χ1n) is 10.1. The molecule has 0 spiro atoms. The lowest BCUT2D eigenvalue weighted by atomic mass is 10.1. The smallest absolute Gasteiger partial charge is 0.256 e. The summed E-state index contributed by atoms with van der Waals surface area (Å²) in [7, 11) is 0. The summed E-state index contributed by atoms with van der Waals surface area (Å²) in [5, 5.41) is 8.57. The average molecular weight is 545 g/mol. The van der Waals surface area contributed by atoms with Crippen LogP contribution in [0.2, 0.25) is 10.0 Å². The standard InChI is InChI=1S/C25H20BrCl2N3O2/c1-16-12-24(30-31(16)14-19-4-2-3-5-21(19)27)29-25(32)18-8-6-17(7-9-18)15-33-23-11-10-20(26)13-22(23)28/h2-13H,14-15H2,1H3,(H,29,30,32). The Morgan fingerprint density at radius 2 is 1.79 bits per heavy atom. The van der Waals surface area contributed by atoms with Crippen LogP contribution in [0.4, 0.5) is 5.82 Å². The van der Waals surface area contributed by atoms with Crippen LogP contribution >= 0.6 is 39.1 Å². The van der Waals surface area contributed by atoms with Crippen molar-refractivity contribution >= 4 is 50.9 Å². The number of hydrogen-bond acceptors (Lipinski definition) is 3. The maximum Gasteiger partial charge on any atom is 0.256 e. The van der Waals surface area contributed by atoms with Gasteiger partial charge in [-0.3, -0.25) is 9.48 Å². The van der Waals surface area contributed by atoms with Crippen molar-refractivity contribution in [1.82, 2.24) is 9.78 Å². The van der Waals surface area contributed by atoms with Gasteiger partial charge in [0.25, 0.3) is 5.91 Å². The predicted molar refractivity (Wildman–Crippen MR) is 135 cm³/mol. The second kappa shape index (κ2) is 10.4. The lowest BCUT2D eigenvalue weighted by Crippen LogP contribution is -2.13. The average Bonchev–Trinajstić information content (AvgIpc) is 3.13. The zero-order chi connectivity index (χ0) is 23.4. The van der Waals surface area contributed by atoms with Crippen LogP contribution in [0, 0.1) is 6.92 Å². The van der Waals surface area contributed by atoms with Gasteiger partial charge in [-0.25, -0.2) is 0 Å². The summed E-state index contributed by atoms with van der Waals surface area (Å²) in [5.74, 6) is 0.854. The first kappa shape index (κ1) is 23.4. The highest BCUT2D eigenvalue weighted by Crippen LogP contribution is 2.28. The molecule has 0 bridgehead atoms. The third kappa shape index (κ3) is 5.96.